The molecule has 0 radical (unpaired) electrons. The number of ether oxygens (including phenoxy) is 1. The summed E-state index contributed by atoms with van der Waals surface area (Å²) < 4.78 is 5.36. The van der Waals surface area contributed by atoms with Crippen LogP contribution < -0.4 is 10.5 Å². The standard InChI is InChI=1S/C14H22N2O/c1-10-6-11(10)8-16(2)9-12-7-13(15)4-5-14(12)17-3/h4-5,7,10-11H,6,8-9,15H2,1-3H3. The van der Waals surface area contributed by atoms with Crippen molar-refractivity contribution >= 4 is 5.69 Å². The van der Waals surface area contributed by atoms with Gasteiger partial charge in [0, 0.05) is 24.3 Å². The van der Waals surface area contributed by atoms with Gasteiger partial charge < -0.3 is 15.4 Å². The van der Waals surface area contributed by atoms with Gasteiger partial charge in [-0.25, -0.2) is 0 Å². The van der Waals surface area contributed by atoms with Crippen molar-refractivity contribution in [1.29, 1.82) is 0 Å². The summed E-state index contributed by atoms with van der Waals surface area (Å²) in [4.78, 5) is 2.35. The molecule has 2 atom stereocenters. The van der Waals surface area contributed by atoms with Crippen molar-refractivity contribution in [2.24, 2.45) is 11.8 Å². The third-order valence-corrected chi connectivity index (χ3v) is 3.57. The maximum Gasteiger partial charge on any atom is 0.123 e. The van der Waals surface area contributed by atoms with E-state index in [2.05, 4.69) is 18.9 Å². The van der Waals surface area contributed by atoms with Gasteiger partial charge in [-0.15, -0.1) is 0 Å². The minimum atomic E-state index is 0.800. The van der Waals surface area contributed by atoms with Gasteiger partial charge >= 0.3 is 0 Å². The lowest BCUT2D eigenvalue weighted by molar-refractivity contribution is 0.300. The molecule has 1 saturated carbocycles. The van der Waals surface area contributed by atoms with Crippen molar-refractivity contribution in [2.45, 2.75) is 19.9 Å². The van der Waals surface area contributed by atoms with Crippen LogP contribution in [0, 0.1) is 11.8 Å². The number of benzene rings is 1. The summed E-state index contributed by atoms with van der Waals surface area (Å²) in [5, 5.41) is 0. The fourth-order valence-electron chi connectivity index (χ4n) is 2.33. The molecular weight excluding hydrogens is 212 g/mol. The van der Waals surface area contributed by atoms with Crippen LogP contribution >= 0.6 is 0 Å². The number of hydrogen-bond acceptors (Lipinski definition) is 3. The number of methoxy groups -OCH3 is 1. The second-order valence-corrected chi connectivity index (χ2v) is 5.24. The Labute approximate surface area is 104 Å². The SMILES string of the molecule is COc1ccc(N)cc1CN(C)CC1CC1C. The first kappa shape index (κ1) is 12.2. The van der Waals surface area contributed by atoms with Crippen LogP contribution in [0.15, 0.2) is 18.2 Å². The topological polar surface area (TPSA) is 38.5 Å². The zero-order chi connectivity index (χ0) is 12.4. The molecule has 17 heavy (non-hydrogen) atoms. The normalized spacial score (nSPS) is 22.8. The van der Waals surface area contributed by atoms with E-state index in [1.165, 1.54) is 18.5 Å². The second kappa shape index (κ2) is 4.96. The Morgan fingerprint density at radius 2 is 2.18 bits per heavy atom. The summed E-state index contributed by atoms with van der Waals surface area (Å²) in [6, 6.07) is 5.83. The smallest absolute Gasteiger partial charge is 0.123 e. The largest absolute Gasteiger partial charge is 0.496 e. The molecule has 0 saturated heterocycles. The molecule has 2 unspecified atom stereocenters. The summed E-state index contributed by atoms with van der Waals surface area (Å²) in [6.07, 6.45) is 1.37. The average Bonchev–Trinajstić information content (AvgIpc) is 2.94. The van der Waals surface area contributed by atoms with Gasteiger partial charge in [0.2, 0.25) is 0 Å². The van der Waals surface area contributed by atoms with E-state index in [1.54, 1.807) is 7.11 Å². The van der Waals surface area contributed by atoms with Crippen molar-refractivity contribution in [1.82, 2.24) is 4.90 Å². The molecule has 1 fully saturated rings. The molecule has 3 nitrogen and oxygen atoms in total. The predicted molar refractivity (Wildman–Crippen MR) is 71.0 cm³/mol. The van der Waals surface area contributed by atoms with Gasteiger partial charge in [0.1, 0.15) is 5.75 Å². The fourth-order valence-corrected chi connectivity index (χ4v) is 2.33. The third kappa shape index (κ3) is 3.13. The summed E-state index contributed by atoms with van der Waals surface area (Å²) in [5.74, 6) is 2.71. The molecule has 0 amide bonds. The Kier molecular flexibility index (Phi) is 3.57. The van der Waals surface area contributed by atoms with Crippen molar-refractivity contribution in [3.05, 3.63) is 23.8 Å². The summed E-state index contributed by atoms with van der Waals surface area (Å²) in [7, 11) is 3.87. The van der Waals surface area contributed by atoms with Crippen molar-refractivity contribution in [2.75, 3.05) is 26.4 Å². The van der Waals surface area contributed by atoms with E-state index in [0.29, 0.717) is 0 Å². The summed E-state index contributed by atoms with van der Waals surface area (Å²) >= 11 is 0. The zero-order valence-corrected chi connectivity index (χ0v) is 10.9. The van der Waals surface area contributed by atoms with Crippen LogP contribution in [0.5, 0.6) is 5.75 Å². The lowest BCUT2D eigenvalue weighted by atomic mass is 10.1. The van der Waals surface area contributed by atoms with Crippen LogP contribution in [0.25, 0.3) is 0 Å². The molecule has 2 rings (SSSR count). The zero-order valence-electron chi connectivity index (χ0n) is 10.9. The van der Waals surface area contributed by atoms with Gasteiger partial charge in [-0.1, -0.05) is 6.92 Å². The number of rotatable bonds is 5. The van der Waals surface area contributed by atoms with E-state index >= 15 is 0 Å². The van der Waals surface area contributed by atoms with Crippen LogP contribution in [0.2, 0.25) is 0 Å². The van der Waals surface area contributed by atoms with Crippen molar-refractivity contribution in [3.63, 3.8) is 0 Å². The molecule has 1 aliphatic rings. The highest BCUT2D eigenvalue weighted by Gasteiger charge is 2.33. The first-order valence-corrected chi connectivity index (χ1v) is 6.21. The highest BCUT2D eigenvalue weighted by molar-refractivity contribution is 5.47. The Morgan fingerprint density at radius 1 is 1.47 bits per heavy atom. The first-order chi connectivity index (χ1) is 8.10. The van der Waals surface area contributed by atoms with E-state index in [4.69, 9.17) is 10.5 Å². The Morgan fingerprint density at radius 3 is 2.76 bits per heavy atom. The van der Waals surface area contributed by atoms with E-state index in [9.17, 15) is 0 Å². The number of nitrogen functional groups attached to an aromatic ring is 1. The molecule has 2 N–H and O–H groups in total. The highest BCUT2D eigenvalue weighted by atomic mass is 16.5. The number of anilines is 1. The molecule has 0 bridgehead atoms. The molecule has 0 aliphatic heterocycles. The first-order valence-electron chi connectivity index (χ1n) is 6.21. The monoisotopic (exact) mass is 234 g/mol. The number of hydrogen-bond donors (Lipinski definition) is 1. The maximum absolute atomic E-state index is 5.82. The maximum atomic E-state index is 5.82. The Balaban J connectivity index is 1.98. The van der Waals surface area contributed by atoms with Crippen LogP contribution in [0.1, 0.15) is 18.9 Å². The molecule has 0 heterocycles. The van der Waals surface area contributed by atoms with Gasteiger partial charge in [-0.05, 0) is 43.5 Å². The van der Waals surface area contributed by atoms with Crippen LogP contribution in [0.4, 0.5) is 5.69 Å². The second-order valence-electron chi connectivity index (χ2n) is 5.24. The van der Waals surface area contributed by atoms with Crippen LogP contribution in [-0.4, -0.2) is 25.6 Å². The summed E-state index contributed by atoms with van der Waals surface area (Å²) in [5.41, 5.74) is 7.79. The van der Waals surface area contributed by atoms with Crippen molar-refractivity contribution < 1.29 is 4.74 Å². The molecular formula is C14H22N2O. The van der Waals surface area contributed by atoms with Crippen molar-refractivity contribution in [3.8, 4) is 5.75 Å². The molecule has 1 aliphatic carbocycles. The summed E-state index contributed by atoms with van der Waals surface area (Å²) in [6.45, 7) is 4.39. The predicted octanol–water partition coefficient (Wildman–Crippen LogP) is 2.37. The van der Waals surface area contributed by atoms with Gasteiger partial charge in [0.15, 0.2) is 0 Å². The average molecular weight is 234 g/mol. The lowest BCUT2D eigenvalue weighted by Crippen LogP contribution is -2.21. The van der Waals surface area contributed by atoms with Gasteiger partial charge in [-0.3, -0.25) is 0 Å². The lowest BCUT2D eigenvalue weighted by Gasteiger charge is -2.18. The minimum Gasteiger partial charge on any atom is -0.496 e. The molecule has 3 heteroatoms. The highest BCUT2D eigenvalue weighted by Crippen LogP contribution is 2.38. The quantitative estimate of drug-likeness (QED) is 0.795. The minimum absolute atomic E-state index is 0.800. The van der Waals surface area contributed by atoms with Crippen LogP contribution in [0.3, 0.4) is 0 Å². The van der Waals surface area contributed by atoms with Crippen LogP contribution in [-0.2, 0) is 6.54 Å². The molecule has 0 aromatic heterocycles. The van der Waals surface area contributed by atoms with E-state index in [0.717, 1.165) is 29.8 Å². The third-order valence-electron chi connectivity index (χ3n) is 3.57. The van der Waals surface area contributed by atoms with E-state index < -0.39 is 0 Å². The molecule has 0 spiro atoms. The van der Waals surface area contributed by atoms with Gasteiger partial charge in [-0.2, -0.15) is 0 Å². The number of nitrogens with zero attached hydrogens (tertiary/aromatic N) is 1. The number of nitrogens with two attached hydrogens (primary N) is 1. The van der Waals surface area contributed by atoms with Gasteiger partial charge in [0.05, 0.1) is 7.11 Å². The van der Waals surface area contributed by atoms with E-state index in [-0.39, 0.29) is 0 Å². The fraction of sp³-hybridized carbons (Fsp3) is 0.571. The molecule has 1 aromatic carbocycles. The van der Waals surface area contributed by atoms with Gasteiger partial charge in [0.25, 0.3) is 0 Å². The van der Waals surface area contributed by atoms with E-state index in [1.807, 2.05) is 18.2 Å². The Bertz CT molecular complexity index is 392. The Hall–Kier alpha value is -1.22. The molecule has 1 aromatic rings. The molecule has 94 valence electrons.